The molecule has 3 heteroatoms. The van der Waals surface area contributed by atoms with E-state index in [-0.39, 0.29) is 0 Å². The molecule has 0 heterocycles. The summed E-state index contributed by atoms with van der Waals surface area (Å²) in [5, 5.41) is 0. The lowest BCUT2D eigenvalue weighted by Crippen LogP contribution is -2.29. The van der Waals surface area contributed by atoms with Crippen molar-refractivity contribution in [3.8, 4) is 5.75 Å². The second kappa shape index (κ2) is 7.90. The molecule has 0 saturated heterocycles. The number of rotatable bonds is 8. The van der Waals surface area contributed by atoms with Gasteiger partial charge in [-0.05, 0) is 19.5 Å². The predicted molar refractivity (Wildman–Crippen MR) is 76.8 cm³/mol. The summed E-state index contributed by atoms with van der Waals surface area (Å²) in [7, 11) is 0. The maximum Gasteiger partial charge on any atom is 0.123 e. The van der Waals surface area contributed by atoms with E-state index in [1.807, 2.05) is 31.2 Å². The van der Waals surface area contributed by atoms with E-state index in [1.165, 1.54) is 5.57 Å². The van der Waals surface area contributed by atoms with E-state index in [0.717, 1.165) is 30.9 Å². The number of nitrogens with two attached hydrogens (primary N) is 1. The fourth-order valence-electron chi connectivity index (χ4n) is 1.83. The van der Waals surface area contributed by atoms with Crippen molar-refractivity contribution in [1.29, 1.82) is 0 Å². The standard InChI is InChI=1S/C15H24N2O/c1-4-17(12-13(2)3)9-10-18-15-8-6-5-7-14(15)11-16/h5-8H,2,4,9-12,16H2,1,3H3. The van der Waals surface area contributed by atoms with Crippen LogP contribution >= 0.6 is 0 Å². The van der Waals surface area contributed by atoms with Gasteiger partial charge in [-0.3, -0.25) is 4.90 Å². The molecule has 0 bridgehead atoms. The second-order valence-corrected chi connectivity index (χ2v) is 4.49. The lowest BCUT2D eigenvalue weighted by molar-refractivity contribution is 0.225. The Morgan fingerprint density at radius 1 is 1.39 bits per heavy atom. The van der Waals surface area contributed by atoms with Crippen molar-refractivity contribution in [2.24, 2.45) is 5.73 Å². The summed E-state index contributed by atoms with van der Waals surface area (Å²) < 4.78 is 5.79. The Hall–Kier alpha value is -1.32. The molecule has 1 aromatic rings. The third-order valence-corrected chi connectivity index (χ3v) is 2.80. The maximum atomic E-state index is 5.79. The van der Waals surface area contributed by atoms with E-state index in [0.29, 0.717) is 13.2 Å². The van der Waals surface area contributed by atoms with Gasteiger partial charge < -0.3 is 10.5 Å². The van der Waals surface area contributed by atoms with Crippen LogP contribution in [0.15, 0.2) is 36.4 Å². The molecular weight excluding hydrogens is 224 g/mol. The number of nitrogens with zero attached hydrogens (tertiary/aromatic N) is 1. The maximum absolute atomic E-state index is 5.79. The Bertz CT molecular complexity index is 377. The highest BCUT2D eigenvalue weighted by Gasteiger charge is 2.04. The summed E-state index contributed by atoms with van der Waals surface area (Å²) in [6.07, 6.45) is 0. The van der Waals surface area contributed by atoms with Crippen LogP contribution in [0.2, 0.25) is 0 Å². The van der Waals surface area contributed by atoms with Gasteiger partial charge in [-0.15, -0.1) is 0 Å². The fraction of sp³-hybridized carbons (Fsp3) is 0.467. The molecule has 3 nitrogen and oxygen atoms in total. The number of hydrogen-bond acceptors (Lipinski definition) is 3. The average molecular weight is 248 g/mol. The van der Waals surface area contributed by atoms with Crippen molar-refractivity contribution in [3.63, 3.8) is 0 Å². The van der Waals surface area contributed by atoms with E-state index in [9.17, 15) is 0 Å². The van der Waals surface area contributed by atoms with Crippen LogP contribution in [0.4, 0.5) is 0 Å². The summed E-state index contributed by atoms with van der Waals surface area (Å²) in [5.41, 5.74) is 7.91. The monoisotopic (exact) mass is 248 g/mol. The molecule has 18 heavy (non-hydrogen) atoms. The average Bonchev–Trinajstić information content (AvgIpc) is 2.37. The minimum Gasteiger partial charge on any atom is -0.492 e. The van der Waals surface area contributed by atoms with Crippen molar-refractivity contribution in [1.82, 2.24) is 4.90 Å². The molecule has 0 aliphatic heterocycles. The summed E-state index contributed by atoms with van der Waals surface area (Å²) >= 11 is 0. The summed E-state index contributed by atoms with van der Waals surface area (Å²) in [6.45, 7) is 12.2. The van der Waals surface area contributed by atoms with E-state index >= 15 is 0 Å². The Morgan fingerprint density at radius 2 is 2.11 bits per heavy atom. The molecule has 0 aliphatic rings. The van der Waals surface area contributed by atoms with Crippen LogP contribution in [-0.4, -0.2) is 31.1 Å². The Morgan fingerprint density at radius 3 is 2.72 bits per heavy atom. The number of hydrogen-bond donors (Lipinski definition) is 1. The zero-order chi connectivity index (χ0) is 13.4. The third-order valence-electron chi connectivity index (χ3n) is 2.80. The van der Waals surface area contributed by atoms with Crippen molar-refractivity contribution < 1.29 is 4.74 Å². The van der Waals surface area contributed by atoms with Gasteiger partial charge in [0.05, 0.1) is 0 Å². The molecule has 1 rings (SSSR count). The normalized spacial score (nSPS) is 10.7. The highest BCUT2D eigenvalue weighted by atomic mass is 16.5. The molecule has 0 atom stereocenters. The second-order valence-electron chi connectivity index (χ2n) is 4.49. The zero-order valence-corrected chi connectivity index (χ0v) is 11.5. The highest BCUT2D eigenvalue weighted by Crippen LogP contribution is 2.16. The molecule has 0 aromatic heterocycles. The smallest absolute Gasteiger partial charge is 0.123 e. The quantitative estimate of drug-likeness (QED) is 0.718. The van der Waals surface area contributed by atoms with Crippen LogP contribution in [-0.2, 0) is 6.54 Å². The zero-order valence-electron chi connectivity index (χ0n) is 11.5. The van der Waals surface area contributed by atoms with Gasteiger partial charge in [0.15, 0.2) is 0 Å². The molecule has 0 radical (unpaired) electrons. The van der Waals surface area contributed by atoms with E-state index < -0.39 is 0 Å². The topological polar surface area (TPSA) is 38.5 Å². The van der Waals surface area contributed by atoms with Gasteiger partial charge >= 0.3 is 0 Å². The van der Waals surface area contributed by atoms with Crippen LogP contribution in [0.1, 0.15) is 19.4 Å². The first-order valence-electron chi connectivity index (χ1n) is 6.44. The van der Waals surface area contributed by atoms with Crippen LogP contribution < -0.4 is 10.5 Å². The van der Waals surface area contributed by atoms with Crippen molar-refractivity contribution in [2.45, 2.75) is 20.4 Å². The van der Waals surface area contributed by atoms with Gasteiger partial charge in [-0.25, -0.2) is 0 Å². The molecular formula is C15H24N2O. The van der Waals surface area contributed by atoms with Crippen LogP contribution in [0.25, 0.3) is 0 Å². The van der Waals surface area contributed by atoms with Gasteiger partial charge in [-0.2, -0.15) is 0 Å². The Kier molecular flexibility index (Phi) is 6.47. The van der Waals surface area contributed by atoms with Gasteiger partial charge in [0.1, 0.15) is 12.4 Å². The molecule has 0 fully saturated rings. The Balaban J connectivity index is 2.42. The molecule has 0 amide bonds. The molecule has 100 valence electrons. The van der Waals surface area contributed by atoms with E-state index in [1.54, 1.807) is 0 Å². The minimum absolute atomic E-state index is 0.513. The van der Waals surface area contributed by atoms with Gasteiger partial charge in [-0.1, -0.05) is 37.3 Å². The Labute approximate surface area is 110 Å². The van der Waals surface area contributed by atoms with Crippen molar-refractivity contribution in [2.75, 3.05) is 26.2 Å². The third kappa shape index (κ3) is 4.90. The largest absolute Gasteiger partial charge is 0.492 e. The predicted octanol–water partition coefficient (Wildman–Crippen LogP) is 2.42. The fourth-order valence-corrected chi connectivity index (χ4v) is 1.83. The van der Waals surface area contributed by atoms with Crippen molar-refractivity contribution >= 4 is 0 Å². The number of likely N-dealkylation sites (N-methyl/N-ethyl adjacent to an activating group) is 1. The lowest BCUT2D eigenvalue weighted by atomic mass is 10.2. The van der Waals surface area contributed by atoms with Gasteiger partial charge in [0.2, 0.25) is 0 Å². The minimum atomic E-state index is 0.513. The number of para-hydroxylation sites is 1. The lowest BCUT2D eigenvalue weighted by Gasteiger charge is -2.20. The summed E-state index contributed by atoms with van der Waals surface area (Å²) in [6, 6.07) is 7.92. The first-order valence-corrected chi connectivity index (χ1v) is 6.44. The molecule has 0 unspecified atom stereocenters. The van der Waals surface area contributed by atoms with Crippen molar-refractivity contribution in [3.05, 3.63) is 42.0 Å². The SMILES string of the molecule is C=C(C)CN(CC)CCOc1ccccc1CN. The van der Waals surface area contributed by atoms with E-state index in [2.05, 4.69) is 18.4 Å². The summed E-state index contributed by atoms with van der Waals surface area (Å²) in [4.78, 5) is 2.31. The van der Waals surface area contributed by atoms with Gasteiger partial charge in [0.25, 0.3) is 0 Å². The summed E-state index contributed by atoms with van der Waals surface area (Å²) in [5.74, 6) is 0.895. The molecule has 0 saturated carbocycles. The van der Waals surface area contributed by atoms with Crippen LogP contribution in [0, 0.1) is 0 Å². The van der Waals surface area contributed by atoms with Gasteiger partial charge in [0, 0.05) is 25.2 Å². The molecule has 0 aliphatic carbocycles. The number of ether oxygens (including phenoxy) is 1. The molecule has 2 N–H and O–H groups in total. The molecule has 1 aromatic carbocycles. The van der Waals surface area contributed by atoms with E-state index in [4.69, 9.17) is 10.5 Å². The first kappa shape index (κ1) is 14.7. The first-order chi connectivity index (χ1) is 8.67. The van der Waals surface area contributed by atoms with Crippen LogP contribution in [0.3, 0.4) is 0 Å². The van der Waals surface area contributed by atoms with Crippen LogP contribution in [0.5, 0.6) is 5.75 Å². The number of benzene rings is 1. The highest BCUT2D eigenvalue weighted by molar-refractivity contribution is 5.32. The molecule has 0 spiro atoms.